The zero-order chi connectivity index (χ0) is 16.4. The second-order valence-electron chi connectivity index (χ2n) is 4.53. The Kier molecular flexibility index (Phi) is 8.65. The Morgan fingerprint density at radius 1 is 1.18 bits per heavy atom. The van der Waals surface area contributed by atoms with E-state index in [0.29, 0.717) is 12.2 Å². The summed E-state index contributed by atoms with van der Waals surface area (Å²) in [7, 11) is 0. The minimum Gasteiger partial charge on any atom is -0.478 e. The zero-order valence-corrected chi connectivity index (χ0v) is 13.4. The van der Waals surface area contributed by atoms with Gasteiger partial charge in [-0.1, -0.05) is 17.7 Å². The number of nitrogens with one attached hydrogen (secondary N) is 1. The molecule has 1 aromatic carbocycles. The molecular formula is C15H18ClNO4S. The van der Waals surface area contributed by atoms with Gasteiger partial charge in [-0.2, -0.15) is 0 Å². The third kappa shape index (κ3) is 8.71. The molecule has 1 saturated heterocycles. The second-order valence-corrected chi connectivity index (χ2v) is 6.34. The summed E-state index contributed by atoms with van der Waals surface area (Å²) in [6.45, 7) is 2.30. The highest BCUT2D eigenvalue weighted by Gasteiger charge is 2.13. The molecule has 1 aromatic rings. The topological polar surface area (TPSA) is 86.6 Å². The van der Waals surface area contributed by atoms with E-state index in [4.69, 9.17) is 21.8 Å². The van der Waals surface area contributed by atoms with Crippen LogP contribution in [0.2, 0.25) is 5.02 Å². The van der Waals surface area contributed by atoms with Crippen LogP contribution in [0, 0.1) is 0 Å². The lowest BCUT2D eigenvalue weighted by atomic mass is 10.2. The number of hydrogen-bond donors (Lipinski definition) is 3. The first kappa shape index (κ1) is 18.5. The van der Waals surface area contributed by atoms with E-state index in [1.807, 2.05) is 30.0 Å². The molecule has 0 unspecified atom stereocenters. The molecule has 120 valence electrons. The number of carboxylic acids is 2. The summed E-state index contributed by atoms with van der Waals surface area (Å²) in [5.74, 6) is -2.51. The highest BCUT2D eigenvalue weighted by molar-refractivity contribution is 8.00. The molecule has 3 N–H and O–H groups in total. The Labute approximate surface area is 138 Å². The normalized spacial score (nSPS) is 15.1. The van der Waals surface area contributed by atoms with Crippen molar-refractivity contribution in [2.75, 3.05) is 13.1 Å². The van der Waals surface area contributed by atoms with E-state index in [2.05, 4.69) is 11.4 Å². The molecule has 0 spiro atoms. The van der Waals surface area contributed by atoms with Gasteiger partial charge in [-0.25, -0.2) is 9.59 Å². The van der Waals surface area contributed by atoms with Crippen LogP contribution in [-0.4, -0.2) is 40.5 Å². The smallest absolute Gasteiger partial charge is 0.328 e. The first-order valence-electron chi connectivity index (χ1n) is 6.74. The van der Waals surface area contributed by atoms with Gasteiger partial charge in [-0.15, -0.1) is 11.8 Å². The molecule has 1 heterocycles. The van der Waals surface area contributed by atoms with E-state index >= 15 is 0 Å². The van der Waals surface area contributed by atoms with Gasteiger partial charge < -0.3 is 15.5 Å². The number of piperidine rings is 1. The Balaban J connectivity index is 0.000000261. The lowest BCUT2D eigenvalue weighted by Gasteiger charge is -2.21. The van der Waals surface area contributed by atoms with Gasteiger partial charge in [0.15, 0.2) is 0 Å². The highest BCUT2D eigenvalue weighted by Crippen LogP contribution is 2.29. The summed E-state index contributed by atoms with van der Waals surface area (Å²) < 4.78 is 0. The van der Waals surface area contributed by atoms with Gasteiger partial charge in [-0.05, 0) is 44.1 Å². The third-order valence-corrected chi connectivity index (χ3v) is 4.32. The fraction of sp³-hybridized carbons (Fsp3) is 0.333. The van der Waals surface area contributed by atoms with Crippen molar-refractivity contribution in [2.45, 2.75) is 23.0 Å². The summed E-state index contributed by atoms with van der Waals surface area (Å²) >= 11 is 7.89. The SMILES string of the molecule is Clc1cccc(SC2CCNCC2)c1.O=C(O)C=CC(=O)O. The summed E-state index contributed by atoms with van der Waals surface area (Å²) in [5.41, 5.74) is 0. The lowest BCUT2D eigenvalue weighted by molar-refractivity contribution is -0.134. The Bertz CT molecular complexity index is 514. The Morgan fingerprint density at radius 3 is 2.27 bits per heavy atom. The van der Waals surface area contributed by atoms with Gasteiger partial charge in [0.05, 0.1) is 0 Å². The van der Waals surface area contributed by atoms with E-state index in [9.17, 15) is 9.59 Å². The number of carboxylic acid groups (broad SMARTS) is 2. The molecule has 0 atom stereocenters. The molecule has 1 aliphatic heterocycles. The van der Waals surface area contributed by atoms with E-state index in [0.717, 1.165) is 23.4 Å². The number of benzene rings is 1. The summed E-state index contributed by atoms with van der Waals surface area (Å²) in [4.78, 5) is 20.4. The first-order valence-corrected chi connectivity index (χ1v) is 8.00. The van der Waals surface area contributed by atoms with E-state index in [-0.39, 0.29) is 0 Å². The minimum absolute atomic E-state index is 0.558. The maximum Gasteiger partial charge on any atom is 0.328 e. The van der Waals surface area contributed by atoms with Gasteiger partial charge in [0.25, 0.3) is 0 Å². The van der Waals surface area contributed by atoms with Crippen LogP contribution in [0.4, 0.5) is 0 Å². The lowest BCUT2D eigenvalue weighted by Crippen LogP contribution is -2.29. The van der Waals surface area contributed by atoms with E-state index in [1.165, 1.54) is 17.7 Å². The average molecular weight is 344 g/mol. The fourth-order valence-electron chi connectivity index (χ4n) is 1.79. The molecule has 22 heavy (non-hydrogen) atoms. The molecule has 0 aliphatic carbocycles. The van der Waals surface area contributed by atoms with Crippen LogP contribution in [0.5, 0.6) is 0 Å². The zero-order valence-electron chi connectivity index (χ0n) is 11.9. The number of rotatable bonds is 4. The summed E-state index contributed by atoms with van der Waals surface area (Å²) in [6.07, 6.45) is 3.64. The van der Waals surface area contributed by atoms with Crippen molar-refractivity contribution < 1.29 is 19.8 Å². The fourth-order valence-corrected chi connectivity index (χ4v) is 3.25. The first-order chi connectivity index (χ1) is 10.5. The molecule has 5 nitrogen and oxygen atoms in total. The van der Waals surface area contributed by atoms with Gasteiger partial charge >= 0.3 is 11.9 Å². The van der Waals surface area contributed by atoms with E-state index < -0.39 is 11.9 Å². The standard InChI is InChI=1S/C11H14ClNS.C4H4O4/c12-9-2-1-3-11(8-9)14-10-4-6-13-7-5-10;5-3(6)1-2-4(7)8/h1-3,8,10,13H,4-7H2;1-2H,(H,5,6)(H,7,8). The third-order valence-electron chi connectivity index (χ3n) is 2.75. The molecule has 1 fully saturated rings. The molecule has 0 amide bonds. The van der Waals surface area contributed by atoms with Crippen LogP contribution < -0.4 is 5.32 Å². The van der Waals surface area contributed by atoms with Crippen LogP contribution in [0.3, 0.4) is 0 Å². The maximum atomic E-state index is 9.55. The molecule has 0 saturated carbocycles. The number of aliphatic carboxylic acids is 2. The number of thioether (sulfide) groups is 1. The predicted octanol–water partition coefficient (Wildman–Crippen LogP) is 2.90. The monoisotopic (exact) mass is 343 g/mol. The Morgan fingerprint density at radius 2 is 1.77 bits per heavy atom. The number of halogens is 1. The Hall–Kier alpha value is -1.50. The molecule has 2 rings (SSSR count). The van der Waals surface area contributed by atoms with E-state index in [1.54, 1.807) is 0 Å². The van der Waals surface area contributed by atoms with Crippen molar-refractivity contribution in [1.29, 1.82) is 0 Å². The van der Waals surface area contributed by atoms with Gasteiger partial charge in [0, 0.05) is 27.3 Å². The predicted molar refractivity (Wildman–Crippen MR) is 87.6 cm³/mol. The molecular weight excluding hydrogens is 326 g/mol. The van der Waals surface area contributed by atoms with Crippen LogP contribution in [-0.2, 0) is 9.59 Å². The summed E-state index contributed by atoms with van der Waals surface area (Å²) in [5, 5.41) is 20.6. The average Bonchev–Trinajstić information content (AvgIpc) is 2.47. The quantitative estimate of drug-likeness (QED) is 0.729. The maximum absolute atomic E-state index is 9.55. The number of hydrogen-bond acceptors (Lipinski definition) is 4. The van der Waals surface area contributed by atoms with Gasteiger partial charge in [0.2, 0.25) is 0 Å². The van der Waals surface area contributed by atoms with Crippen molar-refractivity contribution in [3.05, 3.63) is 41.4 Å². The van der Waals surface area contributed by atoms with Crippen molar-refractivity contribution in [3.8, 4) is 0 Å². The van der Waals surface area contributed by atoms with Gasteiger partial charge in [-0.3, -0.25) is 0 Å². The molecule has 0 bridgehead atoms. The second kappa shape index (κ2) is 10.3. The molecule has 0 radical (unpaired) electrons. The van der Waals surface area contributed by atoms with Crippen molar-refractivity contribution in [2.24, 2.45) is 0 Å². The van der Waals surface area contributed by atoms with Crippen molar-refractivity contribution in [3.63, 3.8) is 0 Å². The summed E-state index contributed by atoms with van der Waals surface area (Å²) in [6, 6.07) is 8.13. The van der Waals surface area contributed by atoms with Gasteiger partial charge in [0.1, 0.15) is 0 Å². The van der Waals surface area contributed by atoms with Crippen LogP contribution in [0.1, 0.15) is 12.8 Å². The van der Waals surface area contributed by atoms with Crippen molar-refractivity contribution in [1.82, 2.24) is 5.32 Å². The van der Waals surface area contributed by atoms with Crippen LogP contribution in [0.25, 0.3) is 0 Å². The minimum atomic E-state index is -1.26. The van der Waals surface area contributed by atoms with Crippen LogP contribution >= 0.6 is 23.4 Å². The molecule has 1 aliphatic rings. The van der Waals surface area contributed by atoms with Crippen molar-refractivity contribution >= 4 is 35.3 Å². The largest absolute Gasteiger partial charge is 0.478 e. The van der Waals surface area contributed by atoms with Crippen LogP contribution in [0.15, 0.2) is 41.3 Å². The molecule has 0 aromatic heterocycles. The highest BCUT2D eigenvalue weighted by atomic mass is 35.5. The number of carbonyl (C=O) groups is 2. The molecule has 7 heteroatoms.